The van der Waals surface area contributed by atoms with Gasteiger partial charge in [-0.25, -0.2) is 4.99 Å². The summed E-state index contributed by atoms with van der Waals surface area (Å²) in [7, 11) is 1.94. The second-order valence-electron chi connectivity index (χ2n) is 5.02. The van der Waals surface area contributed by atoms with Gasteiger partial charge in [-0.15, -0.1) is 0 Å². The number of aliphatic imine (C=N–C) groups is 1. The molecule has 1 aliphatic heterocycles. The van der Waals surface area contributed by atoms with Crippen LogP contribution in [0.5, 0.6) is 0 Å². The zero-order valence-electron chi connectivity index (χ0n) is 12.1. The Labute approximate surface area is 137 Å². The number of hydrogen-bond acceptors (Lipinski definition) is 3. The molecule has 4 nitrogen and oxygen atoms in total. The first-order valence-electron chi connectivity index (χ1n) is 6.69. The van der Waals surface area contributed by atoms with Crippen LogP contribution in [-0.4, -0.2) is 15.6 Å². The maximum atomic E-state index is 12.0. The van der Waals surface area contributed by atoms with Crippen LogP contribution >= 0.6 is 23.4 Å². The molecule has 0 saturated carbocycles. The van der Waals surface area contributed by atoms with Crippen LogP contribution in [0.1, 0.15) is 11.1 Å². The number of carbonyl (C=O) groups excluding carboxylic acids is 1. The number of carbonyl (C=O) groups is 1. The van der Waals surface area contributed by atoms with Crippen LogP contribution in [0.15, 0.2) is 46.6 Å². The van der Waals surface area contributed by atoms with Crippen molar-refractivity contribution in [1.82, 2.24) is 9.88 Å². The second-order valence-corrected chi connectivity index (χ2v) is 6.49. The molecule has 0 atom stereocenters. The van der Waals surface area contributed by atoms with Crippen LogP contribution in [0.25, 0.3) is 6.08 Å². The van der Waals surface area contributed by atoms with Gasteiger partial charge in [-0.05, 0) is 54.1 Å². The predicted octanol–water partition coefficient (Wildman–Crippen LogP) is 3.88. The van der Waals surface area contributed by atoms with Gasteiger partial charge >= 0.3 is 0 Å². The monoisotopic (exact) mass is 331 g/mol. The molecule has 0 unspecified atom stereocenters. The molecule has 112 valence electrons. The van der Waals surface area contributed by atoms with Crippen LogP contribution < -0.4 is 5.32 Å². The van der Waals surface area contributed by atoms with Crippen molar-refractivity contribution < 1.29 is 4.79 Å². The molecule has 2 aromatic rings. The molecular weight excluding hydrogens is 318 g/mol. The molecule has 1 N–H and O–H groups in total. The van der Waals surface area contributed by atoms with Gasteiger partial charge in [-0.1, -0.05) is 17.7 Å². The van der Waals surface area contributed by atoms with Gasteiger partial charge in [0, 0.05) is 24.5 Å². The minimum Gasteiger partial charge on any atom is -0.357 e. The highest BCUT2D eigenvalue weighted by molar-refractivity contribution is 8.18. The SMILES string of the molecule is Cc1ccc(Cl)cc1N=C1NC(=O)/C(=C\c2ccn(C)c2)S1. The number of benzene rings is 1. The van der Waals surface area contributed by atoms with E-state index in [4.69, 9.17) is 11.6 Å². The van der Waals surface area contributed by atoms with Gasteiger partial charge in [-0.3, -0.25) is 4.79 Å². The van der Waals surface area contributed by atoms with E-state index in [1.807, 2.05) is 55.2 Å². The van der Waals surface area contributed by atoms with Crippen molar-refractivity contribution in [2.75, 3.05) is 0 Å². The lowest BCUT2D eigenvalue weighted by Gasteiger charge is -2.01. The third-order valence-corrected chi connectivity index (χ3v) is 4.34. The van der Waals surface area contributed by atoms with Gasteiger partial charge in [-0.2, -0.15) is 0 Å². The molecule has 0 bridgehead atoms. The number of halogens is 1. The Morgan fingerprint density at radius 2 is 2.18 bits per heavy atom. The molecule has 6 heteroatoms. The Morgan fingerprint density at radius 3 is 2.91 bits per heavy atom. The van der Waals surface area contributed by atoms with Crippen molar-refractivity contribution in [3.63, 3.8) is 0 Å². The molecule has 1 aliphatic rings. The molecule has 0 spiro atoms. The Balaban J connectivity index is 1.86. The Hall–Kier alpha value is -1.98. The molecule has 0 radical (unpaired) electrons. The van der Waals surface area contributed by atoms with Gasteiger partial charge in [0.05, 0.1) is 10.6 Å². The first-order valence-corrected chi connectivity index (χ1v) is 7.88. The summed E-state index contributed by atoms with van der Waals surface area (Å²) in [5.41, 5.74) is 2.75. The number of hydrogen-bond donors (Lipinski definition) is 1. The highest BCUT2D eigenvalue weighted by atomic mass is 35.5. The first kappa shape index (κ1) is 14.9. The summed E-state index contributed by atoms with van der Waals surface area (Å²) < 4.78 is 1.94. The van der Waals surface area contributed by atoms with E-state index in [2.05, 4.69) is 10.3 Å². The van der Waals surface area contributed by atoms with Crippen molar-refractivity contribution in [2.45, 2.75) is 6.92 Å². The van der Waals surface area contributed by atoms with Crippen molar-refractivity contribution in [1.29, 1.82) is 0 Å². The predicted molar refractivity (Wildman–Crippen MR) is 92.4 cm³/mol. The normalized spacial score (nSPS) is 18.2. The molecule has 2 heterocycles. The summed E-state index contributed by atoms with van der Waals surface area (Å²) in [4.78, 5) is 17.1. The summed E-state index contributed by atoms with van der Waals surface area (Å²) in [6.07, 6.45) is 5.75. The van der Waals surface area contributed by atoms with Crippen molar-refractivity contribution in [2.24, 2.45) is 12.0 Å². The van der Waals surface area contributed by atoms with E-state index >= 15 is 0 Å². The Kier molecular flexibility index (Phi) is 4.09. The zero-order chi connectivity index (χ0) is 15.7. The smallest absolute Gasteiger partial charge is 0.264 e. The lowest BCUT2D eigenvalue weighted by Crippen LogP contribution is -2.19. The van der Waals surface area contributed by atoms with Gasteiger partial charge in [0.1, 0.15) is 0 Å². The maximum absolute atomic E-state index is 12.0. The van der Waals surface area contributed by atoms with Gasteiger partial charge < -0.3 is 9.88 Å². The van der Waals surface area contributed by atoms with Crippen LogP contribution in [-0.2, 0) is 11.8 Å². The molecule has 0 aliphatic carbocycles. The highest BCUT2D eigenvalue weighted by Gasteiger charge is 2.24. The summed E-state index contributed by atoms with van der Waals surface area (Å²) in [5.74, 6) is -0.132. The summed E-state index contributed by atoms with van der Waals surface area (Å²) >= 11 is 7.32. The average molecular weight is 332 g/mol. The van der Waals surface area contributed by atoms with E-state index < -0.39 is 0 Å². The molecule has 22 heavy (non-hydrogen) atoms. The number of amides is 1. The quantitative estimate of drug-likeness (QED) is 0.849. The van der Waals surface area contributed by atoms with Crippen molar-refractivity contribution in [3.8, 4) is 0 Å². The van der Waals surface area contributed by atoms with Gasteiger partial charge in [0.15, 0.2) is 5.17 Å². The number of amidine groups is 1. The van der Waals surface area contributed by atoms with E-state index in [-0.39, 0.29) is 5.91 Å². The average Bonchev–Trinajstić information content (AvgIpc) is 3.01. The number of aryl methyl sites for hydroxylation is 2. The summed E-state index contributed by atoms with van der Waals surface area (Å²) in [6.45, 7) is 1.96. The molecule has 3 rings (SSSR count). The van der Waals surface area contributed by atoms with E-state index in [9.17, 15) is 4.79 Å². The van der Waals surface area contributed by atoms with Crippen LogP contribution in [0.3, 0.4) is 0 Å². The minimum absolute atomic E-state index is 0.132. The first-order chi connectivity index (χ1) is 10.5. The fourth-order valence-electron chi connectivity index (χ4n) is 2.05. The fourth-order valence-corrected chi connectivity index (χ4v) is 3.06. The van der Waals surface area contributed by atoms with Crippen molar-refractivity contribution >= 4 is 46.2 Å². The maximum Gasteiger partial charge on any atom is 0.264 e. The molecule has 1 aromatic heterocycles. The van der Waals surface area contributed by atoms with Crippen LogP contribution in [0.2, 0.25) is 5.02 Å². The molecular formula is C16H14ClN3OS. The summed E-state index contributed by atoms with van der Waals surface area (Å²) in [5, 5.41) is 3.97. The van der Waals surface area contributed by atoms with E-state index in [0.717, 1.165) is 16.8 Å². The van der Waals surface area contributed by atoms with Crippen LogP contribution in [0, 0.1) is 6.92 Å². The van der Waals surface area contributed by atoms with E-state index in [0.29, 0.717) is 15.1 Å². The number of nitrogens with zero attached hydrogens (tertiary/aromatic N) is 2. The molecule has 1 aromatic carbocycles. The summed E-state index contributed by atoms with van der Waals surface area (Å²) in [6, 6.07) is 7.47. The Bertz CT molecular complexity index is 807. The topological polar surface area (TPSA) is 46.4 Å². The van der Waals surface area contributed by atoms with E-state index in [1.54, 1.807) is 6.07 Å². The lowest BCUT2D eigenvalue weighted by atomic mass is 10.2. The largest absolute Gasteiger partial charge is 0.357 e. The lowest BCUT2D eigenvalue weighted by molar-refractivity contribution is -0.115. The standard InChI is InChI=1S/C16H14ClN3OS/c1-10-3-4-12(17)8-13(10)18-16-19-15(21)14(22-16)7-11-5-6-20(2)9-11/h3-9H,1-2H3,(H,18,19,21)/b14-7+. The van der Waals surface area contributed by atoms with Gasteiger partial charge in [0.25, 0.3) is 5.91 Å². The van der Waals surface area contributed by atoms with Crippen LogP contribution in [0.4, 0.5) is 5.69 Å². The number of nitrogens with one attached hydrogen (secondary N) is 1. The molecule has 1 saturated heterocycles. The number of aromatic nitrogens is 1. The van der Waals surface area contributed by atoms with Gasteiger partial charge in [0.2, 0.25) is 0 Å². The highest BCUT2D eigenvalue weighted by Crippen LogP contribution is 2.30. The second kappa shape index (κ2) is 6.02. The molecule has 1 fully saturated rings. The zero-order valence-corrected chi connectivity index (χ0v) is 13.7. The third kappa shape index (κ3) is 3.26. The third-order valence-electron chi connectivity index (χ3n) is 3.20. The van der Waals surface area contributed by atoms with E-state index in [1.165, 1.54) is 11.8 Å². The number of thioether (sulfide) groups is 1. The fraction of sp³-hybridized carbons (Fsp3) is 0.125. The minimum atomic E-state index is -0.132. The molecule has 1 amide bonds. The van der Waals surface area contributed by atoms with Crippen molar-refractivity contribution in [3.05, 3.63) is 57.7 Å². The Morgan fingerprint density at radius 1 is 1.36 bits per heavy atom. The number of rotatable bonds is 2.